The quantitative estimate of drug-likeness (QED) is 0.725. The van der Waals surface area contributed by atoms with Crippen molar-refractivity contribution in [1.29, 1.82) is 0 Å². The minimum Gasteiger partial charge on any atom is -0.492 e. The highest BCUT2D eigenvalue weighted by molar-refractivity contribution is 5.26. The van der Waals surface area contributed by atoms with Crippen molar-refractivity contribution < 1.29 is 4.74 Å². The van der Waals surface area contributed by atoms with Gasteiger partial charge in [-0.25, -0.2) is 0 Å². The molecule has 1 aromatic carbocycles. The number of nitrogens with one attached hydrogen (secondary N) is 1. The average Bonchev–Trinajstić information content (AvgIpc) is 2.15. The van der Waals surface area contributed by atoms with Crippen LogP contribution < -0.4 is 10.1 Å². The van der Waals surface area contributed by atoms with Gasteiger partial charge in [0.2, 0.25) is 0 Å². The summed E-state index contributed by atoms with van der Waals surface area (Å²) in [4.78, 5) is 0. The Morgan fingerprint density at radius 1 is 1.21 bits per heavy atom. The zero-order valence-corrected chi connectivity index (χ0v) is 9.21. The molecule has 0 fully saturated rings. The van der Waals surface area contributed by atoms with Crippen LogP contribution >= 0.6 is 0 Å². The molecule has 0 heterocycles. The molecule has 0 saturated carbocycles. The second kappa shape index (κ2) is 5.66. The fourth-order valence-corrected chi connectivity index (χ4v) is 1.15. The lowest BCUT2D eigenvalue weighted by Gasteiger charge is -2.09. The minimum atomic E-state index is 0.525. The summed E-state index contributed by atoms with van der Waals surface area (Å²) in [6.45, 7) is 7.95. The fourth-order valence-electron chi connectivity index (χ4n) is 1.15. The summed E-state index contributed by atoms with van der Waals surface area (Å²) in [5.74, 6) is 0.946. The molecular formula is C12H19NO. The van der Waals surface area contributed by atoms with Crippen LogP contribution in [0.5, 0.6) is 5.75 Å². The zero-order valence-electron chi connectivity index (χ0n) is 9.21. The Morgan fingerprint density at radius 2 is 1.86 bits per heavy atom. The summed E-state index contributed by atoms with van der Waals surface area (Å²) >= 11 is 0. The van der Waals surface area contributed by atoms with E-state index in [9.17, 15) is 0 Å². The summed E-state index contributed by atoms with van der Waals surface area (Å²) < 4.78 is 5.55. The summed E-state index contributed by atoms with van der Waals surface area (Å²) in [5, 5.41) is 3.30. The van der Waals surface area contributed by atoms with E-state index in [1.54, 1.807) is 0 Å². The lowest BCUT2D eigenvalue weighted by Crippen LogP contribution is -2.27. The van der Waals surface area contributed by atoms with Crippen LogP contribution in [0.25, 0.3) is 0 Å². The first kappa shape index (κ1) is 11.1. The maximum Gasteiger partial charge on any atom is 0.119 e. The first-order valence-electron chi connectivity index (χ1n) is 5.11. The van der Waals surface area contributed by atoms with E-state index in [0.29, 0.717) is 6.04 Å². The third-order valence-electron chi connectivity index (χ3n) is 1.94. The lowest BCUT2D eigenvalue weighted by atomic mass is 10.2. The molecule has 0 aliphatic rings. The van der Waals surface area contributed by atoms with Crippen molar-refractivity contribution >= 4 is 0 Å². The van der Waals surface area contributed by atoms with Gasteiger partial charge in [-0.1, -0.05) is 31.5 Å². The molecule has 78 valence electrons. The Balaban J connectivity index is 2.21. The van der Waals surface area contributed by atoms with Gasteiger partial charge in [0.25, 0.3) is 0 Å². The van der Waals surface area contributed by atoms with E-state index in [4.69, 9.17) is 4.74 Å². The van der Waals surface area contributed by atoms with Gasteiger partial charge in [0.15, 0.2) is 0 Å². The number of ether oxygens (including phenoxy) is 1. The van der Waals surface area contributed by atoms with Crippen LogP contribution in [0.4, 0.5) is 0 Å². The second-order valence-electron chi connectivity index (χ2n) is 3.77. The van der Waals surface area contributed by atoms with Gasteiger partial charge >= 0.3 is 0 Å². The monoisotopic (exact) mass is 193 g/mol. The number of rotatable bonds is 5. The van der Waals surface area contributed by atoms with Gasteiger partial charge in [0.1, 0.15) is 12.4 Å². The molecule has 1 N–H and O–H groups in total. The van der Waals surface area contributed by atoms with Crippen molar-refractivity contribution in [2.24, 2.45) is 0 Å². The predicted octanol–water partition coefficient (Wildman–Crippen LogP) is 2.37. The van der Waals surface area contributed by atoms with E-state index < -0.39 is 0 Å². The van der Waals surface area contributed by atoms with E-state index in [1.165, 1.54) is 5.56 Å². The Morgan fingerprint density at radius 3 is 2.43 bits per heavy atom. The molecule has 2 heteroatoms. The van der Waals surface area contributed by atoms with Gasteiger partial charge < -0.3 is 10.1 Å². The lowest BCUT2D eigenvalue weighted by molar-refractivity contribution is 0.309. The molecular weight excluding hydrogens is 174 g/mol. The molecule has 1 rings (SSSR count). The summed E-state index contributed by atoms with van der Waals surface area (Å²) in [6, 6.07) is 8.66. The highest BCUT2D eigenvalue weighted by Gasteiger charge is 1.94. The number of hydrogen-bond donors (Lipinski definition) is 1. The minimum absolute atomic E-state index is 0.525. The van der Waals surface area contributed by atoms with Crippen LogP contribution in [-0.2, 0) is 0 Å². The maximum atomic E-state index is 5.55. The predicted molar refractivity (Wildman–Crippen MR) is 59.8 cm³/mol. The highest BCUT2D eigenvalue weighted by Crippen LogP contribution is 2.10. The topological polar surface area (TPSA) is 21.3 Å². The fraction of sp³-hybridized carbons (Fsp3) is 0.500. The average molecular weight is 193 g/mol. The third kappa shape index (κ3) is 4.28. The highest BCUT2D eigenvalue weighted by atomic mass is 16.5. The Kier molecular flexibility index (Phi) is 4.47. The maximum absolute atomic E-state index is 5.55. The molecule has 14 heavy (non-hydrogen) atoms. The Bertz CT molecular complexity index is 254. The molecule has 2 nitrogen and oxygen atoms in total. The van der Waals surface area contributed by atoms with Crippen molar-refractivity contribution in [3.63, 3.8) is 0 Å². The molecule has 0 amide bonds. The standard InChI is InChI=1S/C12H19NO/c1-10(2)13-8-9-14-12-6-4-11(3)5-7-12/h4-7,10,13H,8-9H2,1-3H3. The molecule has 0 atom stereocenters. The van der Waals surface area contributed by atoms with Crippen LogP contribution in [0.15, 0.2) is 24.3 Å². The van der Waals surface area contributed by atoms with E-state index in [1.807, 2.05) is 12.1 Å². The number of hydrogen-bond acceptors (Lipinski definition) is 2. The molecule has 0 radical (unpaired) electrons. The van der Waals surface area contributed by atoms with Crippen molar-refractivity contribution in [1.82, 2.24) is 5.32 Å². The summed E-state index contributed by atoms with van der Waals surface area (Å²) in [7, 11) is 0. The van der Waals surface area contributed by atoms with Crippen molar-refractivity contribution in [2.45, 2.75) is 26.8 Å². The molecule has 0 aromatic heterocycles. The van der Waals surface area contributed by atoms with Crippen LogP contribution in [0.1, 0.15) is 19.4 Å². The van der Waals surface area contributed by atoms with Crippen LogP contribution in [0, 0.1) is 6.92 Å². The molecule has 0 aliphatic heterocycles. The Hall–Kier alpha value is -1.02. The largest absolute Gasteiger partial charge is 0.492 e. The van der Waals surface area contributed by atoms with Crippen LogP contribution in [-0.4, -0.2) is 19.2 Å². The van der Waals surface area contributed by atoms with Crippen molar-refractivity contribution in [3.05, 3.63) is 29.8 Å². The van der Waals surface area contributed by atoms with Gasteiger partial charge in [0.05, 0.1) is 0 Å². The molecule has 0 unspecified atom stereocenters. The van der Waals surface area contributed by atoms with Gasteiger partial charge in [-0.3, -0.25) is 0 Å². The third-order valence-corrected chi connectivity index (χ3v) is 1.94. The first-order chi connectivity index (χ1) is 6.68. The van der Waals surface area contributed by atoms with Crippen molar-refractivity contribution in [2.75, 3.05) is 13.2 Å². The van der Waals surface area contributed by atoms with E-state index in [-0.39, 0.29) is 0 Å². The molecule has 0 aliphatic carbocycles. The van der Waals surface area contributed by atoms with Gasteiger partial charge in [-0.05, 0) is 19.1 Å². The Labute approximate surface area is 86.3 Å². The zero-order chi connectivity index (χ0) is 10.4. The van der Waals surface area contributed by atoms with E-state index in [2.05, 4.69) is 38.2 Å². The second-order valence-corrected chi connectivity index (χ2v) is 3.77. The van der Waals surface area contributed by atoms with Crippen molar-refractivity contribution in [3.8, 4) is 5.75 Å². The molecule has 0 saturated heterocycles. The summed E-state index contributed by atoms with van der Waals surface area (Å²) in [5.41, 5.74) is 1.26. The van der Waals surface area contributed by atoms with Crippen LogP contribution in [0.3, 0.4) is 0 Å². The SMILES string of the molecule is Cc1ccc(OCCNC(C)C)cc1. The molecule has 1 aromatic rings. The number of aryl methyl sites for hydroxylation is 1. The molecule has 0 bridgehead atoms. The van der Waals surface area contributed by atoms with Crippen LogP contribution in [0.2, 0.25) is 0 Å². The number of benzene rings is 1. The normalized spacial score (nSPS) is 10.6. The van der Waals surface area contributed by atoms with Gasteiger partial charge in [-0.15, -0.1) is 0 Å². The summed E-state index contributed by atoms with van der Waals surface area (Å²) in [6.07, 6.45) is 0. The van der Waals surface area contributed by atoms with Gasteiger partial charge in [-0.2, -0.15) is 0 Å². The first-order valence-corrected chi connectivity index (χ1v) is 5.11. The van der Waals surface area contributed by atoms with Gasteiger partial charge in [0, 0.05) is 12.6 Å². The van der Waals surface area contributed by atoms with E-state index >= 15 is 0 Å². The smallest absolute Gasteiger partial charge is 0.119 e. The van der Waals surface area contributed by atoms with E-state index in [0.717, 1.165) is 18.9 Å². The molecule has 0 spiro atoms.